The minimum Gasteiger partial charge on any atom is -0.467 e. The summed E-state index contributed by atoms with van der Waals surface area (Å²) in [7, 11) is 1.38. The van der Waals surface area contributed by atoms with E-state index in [0.717, 1.165) is 24.0 Å². The number of rotatable bonds is 4. The fourth-order valence-electron chi connectivity index (χ4n) is 3.51. The van der Waals surface area contributed by atoms with E-state index in [1.54, 1.807) is 4.90 Å². The standard InChI is InChI=1S/C21H23NO3/c1-25-21(24)18-14-8-9-15-22(18)20(23)19(16-10-4-2-5-11-16)17-12-6-3-7-13-17/h2-7,10-13,18-19H,8-9,14-15H2,1H3. The van der Waals surface area contributed by atoms with Crippen LogP contribution in [0.5, 0.6) is 0 Å². The largest absolute Gasteiger partial charge is 0.467 e. The molecule has 4 nitrogen and oxygen atoms in total. The molecule has 0 N–H and O–H groups in total. The van der Waals surface area contributed by atoms with Crippen LogP contribution in [0.4, 0.5) is 0 Å². The molecule has 1 aliphatic rings. The number of likely N-dealkylation sites (tertiary alicyclic amines) is 1. The van der Waals surface area contributed by atoms with E-state index in [1.807, 2.05) is 60.7 Å². The van der Waals surface area contributed by atoms with Gasteiger partial charge in [-0.25, -0.2) is 4.79 Å². The highest BCUT2D eigenvalue weighted by molar-refractivity contribution is 5.91. The Morgan fingerprint density at radius 1 is 0.960 bits per heavy atom. The number of benzene rings is 2. The summed E-state index contributed by atoms with van der Waals surface area (Å²) in [5.41, 5.74) is 1.88. The van der Waals surface area contributed by atoms with Gasteiger partial charge in [-0.05, 0) is 30.4 Å². The van der Waals surface area contributed by atoms with Gasteiger partial charge in [0.2, 0.25) is 5.91 Å². The van der Waals surface area contributed by atoms with Crippen molar-refractivity contribution in [2.24, 2.45) is 0 Å². The van der Waals surface area contributed by atoms with Crippen molar-refractivity contribution < 1.29 is 14.3 Å². The molecule has 0 radical (unpaired) electrons. The molecule has 0 bridgehead atoms. The van der Waals surface area contributed by atoms with Gasteiger partial charge in [-0.15, -0.1) is 0 Å². The van der Waals surface area contributed by atoms with Crippen molar-refractivity contribution in [1.82, 2.24) is 4.90 Å². The second kappa shape index (κ2) is 7.97. The quantitative estimate of drug-likeness (QED) is 0.804. The monoisotopic (exact) mass is 337 g/mol. The molecule has 2 aromatic carbocycles. The molecule has 1 amide bonds. The summed E-state index contributed by atoms with van der Waals surface area (Å²) >= 11 is 0. The fraction of sp³-hybridized carbons (Fsp3) is 0.333. The number of piperidine rings is 1. The first-order chi connectivity index (χ1) is 12.2. The normalized spacial score (nSPS) is 17.4. The Morgan fingerprint density at radius 3 is 2.04 bits per heavy atom. The molecular formula is C21H23NO3. The number of esters is 1. The van der Waals surface area contributed by atoms with Crippen molar-refractivity contribution in [1.29, 1.82) is 0 Å². The molecule has 25 heavy (non-hydrogen) atoms. The van der Waals surface area contributed by atoms with Gasteiger partial charge in [0.1, 0.15) is 6.04 Å². The molecule has 1 fully saturated rings. The molecule has 3 rings (SSSR count). The van der Waals surface area contributed by atoms with E-state index in [4.69, 9.17) is 4.74 Å². The highest BCUT2D eigenvalue weighted by Crippen LogP contribution is 2.30. The van der Waals surface area contributed by atoms with Crippen LogP contribution < -0.4 is 0 Å². The molecule has 0 aliphatic carbocycles. The Morgan fingerprint density at radius 2 is 1.52 bits per heavy atom. The van der Waals surface area contributed by atoms with Gasteiger partial charge in [0.05, 0.1) is 13.0 Å². The van der Waals surface area contributed by atoms with Crippen LogP contribution in [-0.4, -0.2) is 36.5 Å². The lowest BCUT2D eigenvalue weighted by Crippen LogP contribution is -2.50. The topological polar surface area (TPSA) is 46.6 Å². The maximum Gasteiger partial charge on any atom is 0.328 e. The average Bonchev–Trinajstić information content (AvgIpc) is 2.69. The second-order valence-corrected chi connectivity index (χ2v) is 6.32. The number of amides is 1. The number of hydrogen-bond acceptors (Lipinski definition) is 3. The van der Waals surface area contributed by atoms with Gasteiger partial charge in [0.25, 0.3) is 0 Å². The zero-order chi connectivity index (χ0) is 17.6. The van der Waals surface area contributed by atoms with E-state index in [-0.39, 0.29) is 11.9 Å². The number of hydrogen-bond donors (Lipinski definition) is 0. The number of carbonyl (C=O) groups is 2. The van der Waals surface area contributed by atoms with E-state index < -0.39 is 12.0 Å². The van der Waals surface area contributed by atoms with Crippen LogP contribution in [0.2, 0.25) is 0 Å². The predicted molar refractivity (Wildman–Crippen MR) is 96.1 cm³/mol. The van der Waals surface area contributed by atoms with Crippen LogP contribution in [0.1, 0.15) is 36.3 Å². The van der Waals surface area contributed by atoms with Crippen LogP contribution in [-0.2, 0) is 14.3 Å². The summed E-state index contributed by atoms with van der Waals surface area (Å²) < 4.78 is 4.93. The average molecular weight is 337 g/mol. The third-order valence-corrected chi connectivity index (χ3v) is 4.77. The molecule has 4 heteroatoms. The molecule has 0 saturated carbocycles. The van der Waals surface area contributed by atoms with Gasteiger partial charge in [-0.2, -0.15) is 0 Å². The Kier molecular flexibility index (Phi) is 5.49. The van der Waals surface area contributed by atoms with Crippen LogP contribution in [0.25, 0.3) is 0 Å². The number of nitrogens with zero attached hydrogens (tertiary/aromatic N) is 1. The minimum atomic E-state index is -0.485. The molecule has 1 heterocycles. The van der Waals surface area contributed by atoms with Crippen molar-refractivity contribution in [2.75, 3.05) is 13.7 Å². The van der Waals surface area contributed by atoms with Crippen LogP contribution in [0.15, 0.2) is 60.7 Å². The summed E-state index contributed by atoms with van der Waals surface area (Å²) in [6.07, 6.45) is 2.51. The van der Waals surface area contributed by atoms with Crippen LogP contribution in [0.3, 0.4) is 0 Å². The fourth-order valence-corrected chi connectivity index (χ4v) is 3.51. The van der Waals surface area contributed by atoms with Crippen molar-refractivity contribution in [3.05, 3.63) is 71.8 Å². The predicted octanol–water partition coefficient (Wildman–Crippen LogP) is 3.37. The SMILES string of the molecule is COC(=O)C1CCCCN1C(=O)C(c1ccccc1)c1ccccc1. The molecule has 1 saturated heterocycles. The highest BCUT2D eigenvalue weighted by atomic mass is 16.5. The zero-order valence-electron chi connectivity index (χ0n) is 14.4. The maximum atomic E-state index is 13.4. The lowest BCUT2D eigenvalue weighted by molar-refractivity contribution is -0.154. The number of ether oxygens (including phenoxy) is 1. The van der Waals surface area contributed by atoms with E-state index >= 15 is 0 Å². The Hall–Kier alpha value is -2.62. The zero-order valence-corrected chi connectivity index (χ0v) is 14.4. The number of carbonyl (C=O) groups excluding carboxylic acids is 2. The maximum absolute atomic E-state index is 13.4. The number of methoxy groups -OCH3 is 1. The first kappa shape index (κ1) is 17.2. The molecular weight excluding hydrogens is 314 g/mol. The third-order valence-electron chi connectivity index (χ3n) is 4.77. The van der Waals surface area contributed by atoms with Crippen LogP contribution in [0, 0.1) is 0 Å². The van der Waals surface area contributed by atoms with E-state index in [1.165, 1.54) is 7.11 Å². The molecule has 0 spiro atoms. The lowest BCUT2D eigenvalue weighted by Gasteiger charge is -2.36. The van der Waals surface area contributed by atoms with Gasteiger partial charge in [-0.1, -0.05) is 60.7 Å². The molecule has 2 aromatic rings. The minimum absolute atomic E-state index is 0.0347. The Balaban J connectivity index is 1.98. The molecule has 1 unspecified atom stereocenters. The van der Waals surface area contributed by atoms with Crippen LogP contribution >= 0.6 is 0 Å². The van der Waals surface area contributed by atoms with Gasteiger partial charge in [0, 0.05) is 6.54 Å². The van der Waals surface area contributed by atoms with Gasteiger partial charge in [0.15, 0.2) is 0 Å². The first-order valence-electron chi connectivity index (χ1n) is 8.70. The van der Waals surface area contributed by atoms with E-state index in [2.05, 4.69) is 0 Å². The summed E-state index contributed by atoms with van der Waals surface area (Å²) in [6.45, 7) is 0.592. The van der Waals surface area contributed by atoms with Crippen molar-refractivity contribution in [3.8, 4) is 0 Å². The van der Waals surface area contributed by atoms with E-state index in [0.29, 0.717) is 13.0 Å². The Labute approximate surface area is 148 Å². The summed E-state index contributed by atoms with van der Waals surface area (Å²) in [5, 5.41) is 0. The summed E-state index contributed by atoms with van der Waals surface area (Å²) in [4.78, 5) is 27.3. The molecule has 0 aromatic heterocycles. The summed E-state index contributed by atoms with van der Waals surface area (Å²) in [5.74, 6) is -0.770. The highest BCUT2D eigenvalue weighted by Gasteiger charge is 2.37. The Bertz CT molecular complexity index is 675. The lowest BCUT2D eigenvalue weighted by atomic mass is 9.88. The van der Waals surface area contributed by atoms with Crippen molar-refractivity contribution >= 4 is 11.9 Å². The van der Waals surface area contributed by atoms with Gasteiger partial charge in [-0.3, -0.25) is 4.79 Å². The smallest absolute Gasteiger partial charge is 0.328 e. The molecule has 1 aliphatic heterocycles. The van der Waals surface area contributed by atoms with Gasteiger partial charge >= 0.3 is 5.97 Å². The first-order valence-corrected chi connectivity index (χ1v) is 8.70. The second-order valence-electron chi connectivity index (χ2n) is 6.32. The molecule has 1 atom stereocenters. The van der Waals surface area contributed by atoms with Gasteiger partial charge < -0.3 is 9.64 Å². The summed E-state index contributed by atoms with van der Waals surface area (Å²) in [6, 6.07) is 19.0. The van der Waals surface area contributed by atoms with Crippen molar-refractivity contribution in [2.45, 2.75) is 31.2 Å². The molecule has 130 valence electrons. The third kappa shape index (κ3) is 3.73. The van der Waals surface area contributed by atoms with Crippen molar-refractivity contribution in [3.63, 3.8) is 0 Å². The van der Waals surface area contributed by atoms with E-state index in [9.17, 15) is 9.59 Å².